The number of ether oxygens (including phenoxy) is 2. The Morgan fingerprint density at radius 3 is 2.43 bits per heavy atom. The van der Waals surface area contributed by atoms with Crippen LogP contribution in [-0.4, -0.2) is 30.6 Å². The molecule has 21 heavy (non-hydrogen) atoms. The standard InChI is InChI=1S/C15H22N2O4/c1-6-21-14(19)12(15(2,3)4)13(18)17-10-7-8-11(20-5)16-9-10/h7-9,12H,6H2,1-5H3,(H,17,18). The molecule has 0 aliphatic heterocycles. The molecule has 0 saturated heterocycles. The van der Waals surface area contributed by atoms with Crippen molar-refractivity contribution in [3.63, 3.8) is 0 Å². The van der Waals surface area contributed by atoms with Crippen LogP contribution < -0.4 is 10.1 Å². The summed E-state index contributed by atoms with van der Waals surface area (Å²) in [6, 6.07) is 3.29. The van der Waals surface area contributed by atoms with Crippen LogP contribution in [0.3, 0.4) is 0 Å². The number of anilines is 1. The van der Waals surface area contributed by atoms with E-state index in [1.165, 1.54) is 13.3 Å². The molecule has 1 rings (SSSR count). The molecule has 0 aliphatic rings. The number of carbonyl (C=O) groups is 2. The van der Waals surface area contributed by atoms with Gasteiger partial charge in [0.1, 0.15) is 5.92 Å². The van der Waals surface area contributed by atoms with Crippen LogP contribution >= 0.6 is 0 Å². The van der Waals surface area contributed by atoms with Gasteiger partial charge in [-0.1, -0.05) is 20.8 Å². The molecule has 1 amide bonds. The van der Waals surface area contributed by atoms with E-state index in [0.717, 1.165) is 0 Å². The summed E-state index contributed by atoms with van der Waals surface area (Å²) >= 11 is 0. The molecular weight excluding hydrogens is 272 g/mol. The summed E-state index contributed by atoms with van der Waals surface area (Å²) in [7, 11) is 1.51. The summed E-state index contributed by atoms with van der Waals surface area (Å²) in [6.45, 7) is 7.41. The Kier molecular flexibility index (Phi) is 5.69. The zero-order valence-electron chi connectivity index (χ0n) is 13.1. The molecule has 0 aromatic carbocycles. The molecule has 0 saturated carbocycles. The van der Waals surface area contributed by atoms with E-state index in [2.05, 4.69) is 10.3 Å². The SMILES string of the molecule is CCOC(=O)C(C(=O)Nc1ccc(OC)nc1)C(C)(C)C. The number of nitrogens with zero attached hydrogens (tertiary/aromatic N) is 1. The normalized spacial score (nSPS) is 12.4. The van der Waals surface area contributed by atoms with Gasteiger partial charge in [0.15, 0.2) is 0 Å². The number of pyridine rings is 1. The molecule has 1 aromatic rings. The number of hydrogen-bond acceptors (Lipinski definition) is 5. The van der Waals surface area contributed by atoms with Crippen LogP contribution in [-0.2, 0) is 14.3 Å². The average molecular weight is 294 g/mol. The van der Waals surface area contributed by atoms with Gasteiger partial charge >= 0.3 is 5.97 Å². The summed E-state index contributed by atoms with van der Waals surface area (Å²) < 4.78 is 9.94. The Hall–Kier alpha value is -2.11. The van der Waals surface area contributed by atoms with Crippen molar-refractivity contribution in [1.29, 1.82) is 0 Å². The van der Waals surface area contributed by atoms with E-state index in [0.29, 0.717) is 11.6 Å². The molecule has 0 aliphatic carbocycles. The molecule has 1 aromatic heterocycles. The fourth-order valence-corrected chi connectivity index (χ4v) is 1.87. The van der Waals surface area contributed by atoms with Crippen LogP contribution in [0.25, 0.3) is 0 Å². The summed E-state index contributed by atoms with van der Waals surface area (Å²) in [5.74, 6) is -1.37. The van der Waals surface area contributed by atoms with Crippen LogP contribution in [0.1, 0.15) is 27.7 Å². The highest BCUT2D eigenvalue weighted by Crippen LogP contribution is 2.28. The molecule has 0 bridgehead atoms. The minimum Gasteiger partial charge on any atom is -0.481 e. The Morgan fingerprint density at radius 2 is 2.00 bits per heavy atom. The summed E-state index contributed by atoms with van der Waals surface area (Å²) in [4.78, 5) is 28.4. The number of amides is 1. The topological polar surface area (TPSA) is 77.5 Å². The average Bonchev–Trinajstić information content (AvgIpc) is 2.38. The largest absolute Gasteiger partial charge is 0.481 e. The van der Waals surface area contributed by atoms with Crippen molar-refractivity contribution in [2.45, 2.75) is 27.7 Å². The third-order valence-corrected chi connectivity index (χ3v) is 2.86. The zero-order valence-corrected chi connectivity index (χ0v) is 13.1. The van der Waals surface area contributed by atoms with Gasteiger partial charge in [0.25, 0.3) is 0 Å². The summed E-state index contributed by atoms with van der Waals surface area (Å²) in [5.41, 5.74) is -0.0460. The van der Waals surface area contributed by atoms with Crippen LogP contribution in [0.15, 0.2) is 18.3 Å². The first kappa shape index (κ1) is 16.9. The fraction of sp³-hybridized carbons (Fsp3) is 0.533. The van der Waals surface area contributed by atoms with Crippen LogP contribution in [0.5, 0.6) is 5.88 Å². The second-order valence-corrected chi connectivity index (χ2v) is 5.63. The highest BCUT2D eigenvalue weighted by atomic mass is 16.5. The maximum atomic E-state index is 12.4. The number of carbonyl (C=O) groups excluding carboxylic acids is 2. The van der Waals surface area contributed by atoms with Gasteiger partial charge in [-0.2, -0.15) is 0 Å². The molecule has 1 unspecified atom stereocenters. The summed E-state index contributed by atoms with van der Waals surface area (Å²) in [5, 5.41) is 2.68. The number of nitrogens with one attached hydrogen (secondary N) is 1. The number of aromatic nitrogens is 1. The lowest BCUT2D eigenvalue weighted by Gasteiger charge is -2.27. The highest BCUT2D eigenvalue weighted by molar-refractivity contribution is 6.05. The molecule has 1 atom stereocenters. The minimum atomic E-state index is -0.889. The maximum absolute atomic E-state index is 12.4. The van der Waals surface area contributed by atoms with Crippen LogP contribution in [0.2, 0.25) is 0 Å². The van der Waals surface area contributed by atoms with Gasteiger partial charge in [0.05, 0.1) is 25.6 Å². The number of esters is 1. The molecule has 1 N–H and O–H groups in total. The first-order valence-corrected chi connectivity index (χ1v) is 6.77. The van der Waals surface area contributed by atoms with Crippen LogP contribution in [0, 0.1) is 11.3 Å². The molecule has 1 heterocycles. The minimum absolute atomic E-state index is 0.239. The lowest BCUT2D eigenvalue weighted by Crippen LogP contribution is -2.40. The second kappa shape index (κ2) is 7.06. The maximum Gasteiger partial charge on any atom is 0.319 e. The second-order valence-electron chi connectivity index (χ2n) is 5.63. The number of methoxy groups -OCH3 is 1. The Morgan fingerprint density at radius 1 is 1.33 bits per heavy atom. The van der Waals surface area contributed by atoms with Crippen molar-refractivity contribution >= 4 is 17.6 Å². The van der Waals surface area contributed by atoms with Crippen molar-refractivity contribution < 1.29 is 19.1 Å². The molecule has 6 nitrogen and oxygen atoms in total. The Balaban J connectivity index is 2.87. The molecule has 0 radical (unpaired) electrons. The number of hydrogen-bond donors (Lipinski definition) is 1. The zero-order chi connectivity index (χ0) is 16.0. The van der Waals surface area contributed by atoms with Crippen molar-refractivity contribution in [3.05, 3.63) is 18.3 Å². The molecule has 116 valence electrons. The Bertz CT molecular complexity index is 491. The van der Waals surface area contributed by atoms with Crippen molar-refractivity contribution in [2.24, 2.45) is 11.3 Å². The summed E-state index contributed by atoms with van der Waals surface area (Å²) in [6.07, 6.45) is 1.47. The lowest BCUT2D eigenvalue weighted by molar-refractivity contribution is -0.155. The van der Waals surface area contributed by atoms with Gasteiger partial charge in [-0.25, -0.2) is 4.98 Å². The van der Waals surface area contributed by atoms with Crippen molar-refractivity contribution in [3.8, 4) is 5.88 Å². The van der Waals surface area contributed by atoms with Gasteiger partial charge in [0, 0.05) is 6.07 Å². The van der Waals surface area contributed by atoms with Gasteiger partial charge < -0.3 is 14.8 Å². The third-order valence-electron chi connectivity index (χ3n) is 2.86. The highest BCUT2D eigenvalue weighted by Gasteiger charge is 2.38. The third kappa shape index (κ3) is 4.73. The fourth-order valence-electron chi connectivity index (χ4n) is 1.87. The molecule has 6 heteroatoms. The first-order valence-electron chi connectivity index (χ1n) is 6.77. The van der Waals surface area contributed by atoms with E-state index >= 15 is 0 Å². The molecule has 0 fully saturated rings. The smallest absolute Gasteiger partial charge is 0.319 e. The lowest BCUT2D eigenvalue weighted by atomic mass is 9.80. The van der Waals surface area contributed by atoms with Gasteiger partial charge in [0.2, 0.25) is 11.8 Å². The van der Waals surface area contributed by atoms with E-state index in [1.807, 2.05) is 20.8 Å². The molecule has 0 spiro atoms. The van der Waals surface area contributed by atoms with Crippen LogP contribution in [0.4, 0.5) is 5.69 Å². The monoisotopic (exact) mass is 294 g/mol. The van der Waals surface area contributed by atoms with Gasteiger partial charge in [-0.3, -0.25) is 9.59 Å². The predicted octanol–water partition coefficient (Wildman–Crippen LogP) is 2.25. The van der Waals surface area contributed by atoms with E-state index in [9.17, 15) is 9.59 Å². The van der Waals surface area contributed by atoms with E-state index < -0.39 is 23.2 Å². The van der Waals surface area contributed by atoms with E-state index in [-0.39, 0.29) is 6.61 Å². The van der Waals surface area contributed by atoms with E-state index in [4.69, 9.17) is 9.47 Å². The van der Waals surface area contributed by atoms with Gasteiger partial charge in [-0.05, 0) is 18.4 Å². The quantitative estimate of drug-likeness (QED) is 0.665. The molecular formula is C15H22N2O4. The van der Waals surface area contributed by atoms with Crippen molar-refractivity contribution in [2.75, 3.05) is 19.0 Å². The van der Waals surface area contributed by atoms with Gasteiger partial charge in [-0.15, -0.1) is 0 Å². The predicted molar refractivity (Wildman–Crippen MR) is 79.0 cm³/mol. The Labute approximate surface area is 124 Å². The number of rotatable bonds is 5. The first-order chi connectivity index (χ1) is 9.79. The van der Waals surface area contributed by atoms with E-state index in [1.54, 1.807) is 19.1 Å². The van der Waals surface area contributed by atoms with Crippen molar-refractivity contribution in [1.82, 2.24) is 4.98 Å².